The Morgan fingerprint density at radius 2 is 2.05 bits per heavy atom. The van der Waals surface area contributed by atoms with Crippen LogP contribution in [0.25, 0.3) is 0 Å². The van der Waals surface area contributed by atoms with Crippen molar-refractivity contribution in [1.82, 2.24) is 5.32 Å². The maximum absolute atomic E-state index is 12.4. The summed E-state index contributed by atoms with van der Waals surface area (Å²) in [5.74, 6) is 0. The fourth-order valence-electron chi connectivity index (χ4n) is 1.75. The number of anilines is 1. The van der Waals surface area contributed by atoms with Gasteiger partial charge in [0.05, 0.1) is 10.6 Å². The lowest BCUT2D eigenvalue weighted by Crippen LogP contribution is -2.13. The van der Waals surface area contributed by atoms with Crippen molar-refractivity contribution in [1.29, 1.82) is 0 Å². The Morgan fingerprint density at radius 1 is 1.29 bits per heavy atom. The lowest BCUT2D eigenvalue weighted by atomic mass is 10.2. The Balaban J connectivity index is 2.19. The molecule has 2 N–H and O–H groups in total. The van der Waals surface area contributed by atoms with Crippen molar-refractivity contribution in [2.24, 2.45) is 0 Å². The molecule has 1 aromatic carbocycles. The van der Waals surface area contributed by atoms with E-state index in [9.17, 15) is 8.42 Å². The van der Waals surface area contributed by atoms with Crippen LogP contribution in [0.4, 0.5) is 5.69 Å². The van der Waals surface area contributed by atoms with Crippen LogP contribution in [0.1, 0.15) is 17.4 Å². The lowest BCUT2D eigenvalue weighted by Gasteiger charge is -2.09. The number of nitrogens with one attached hydrogen (secondary N) is 2. The fraction of sp³-hybridized carbons (Fsp3) is 0.286. The molecule has 0 radical (unpaired) electrons. The Hall–Kier alpha value is -0.890. The van der Waals surface area contributed by atoms with E-state index in [-0.39, 0.29) is 0 Å². The smallest absolute Gasteiger partial charge is 0.262 e. The molecule has 4 nitrogen and oxygen atoms in total. The van der Waals surface area contributed by atoms with E-state index in [2.05, 4.69) is 26.0 Å². The van der Waals surface area contributed by atoms with Gasteiger partial charge in [0.2, 0.25) is 0 Å². The van der Waals surface area contributed by atoms with Crippen LogP contribution < -0.4 is 10.0 Å². The highest BCUT2D eigenvalue weighted by atomic mass is 79.9. The molecule has 2 aromatic rings. The van der Waals surface area contributed by atoms with Crippen LogP contribution >= 0.6 is 27.3 Å². The molecule has 0 saturated heterocycles. The van der Waals surface area contributed by atoms with E-state index in [1.54, 1.807) is 17.5 Å². The van der Waals surface area contributed by atoms with E-state index in [1.807, 2.05) is 26.0 Å². The van der Waals surface area contributed by atoms with Crippen molar-refractivity contribution in [3.8, 4) is 0 Å². The van der Waals surface area contributed by atoms with Gasteiger partial charge in [-0.2, -0.15) is 0 Å². The average Bonchev–Trinajstić information content (AvgIpc) is 2.89. The first kappa shape index (κ1) is 16.5. The van der Waals surface area contributed by atoms with Crippen LogP contribution in [-0.2, 0) is 16.6 Å². The maximum atomic E-state index is 12.4. The molecule has 114 valence electrons. The van der Waals surface area contributed by atoms with Crippen molar-refractivity contribution in [2.75, 3.05) is 11.3 Å². The Labute approximate surface area is 137 Å². The second kappa shape index (κ2) is 6.91. The van der Waals surface area contributed by atoms with Gasteiger partial charge in [-0.25, -0.2) is 8.42 Å². The van der Waals surface area contributed by atoms with E-state index >= 15 is 0 Å². The molecule has 0 fully saturated rings. The van der Waals surface area contributed by atoms with Gasteiger partial charge < -0.3 is 5.32 Å². The third-order valence-corrected chi connectivity index (χ3v) is 5.95. The summed E-state index contributed by atoms with van der Waals surface area (Å²) in [5, 5.41) is 4.85. The normalized spacial score (nSPS) is 11.6. The van der Waals surface area contributed by atoms with E-state index in [1.165, 1.54) is 11.3 Å². The van der Waals surface area contributed by atoms with Gasteiger partial charge >= 0.3 is 0 Å². The minimum Gasteiger partial charge on any atom is -0.312 e. The number of sulfonamides is 1. The molecule has 0 aliphatic carbocycles. The number of hydrogen-bond donors (Lipinski definition) is 2. The van der Waals surface area contributed by atoms with Gasteiger partial charge in [0.1, 0.15) is 0 Å². The van der Waals surface area contributed by atoms with E-state index < -0.39 is 10.0 Å². The molecule has 1 aromatic heterocycles. The summed E-state index contributed by atoms with van der Waals surface area (Å²) in [7, 11) is -3.55. The van der Waals surface area contributed by atoms with Crippen LogP contribution in [0.5, 0.6) is 0 Å². The molecule has 21 heavy (non-hydrogen) atoms. The Kier molecular flexibility index (Phi) is 5.43. The van der Waals surface area contributed by atoms with Crippen molar-refractivity contribution >= 4 is 43.0 Å². The molecular formula is C14H17BrN2O2S2. The molecule has 0 amide bonds. The third-order valence-electron chi connectivity index (χ3n) is 2.86. The third kappa shape index (κ3) is 4.29. The minimum absolute atomic E-state index is 0.299. The van der Waals surface area contributed by atoms with Crippen molar-refractivity contribution in [3.63, 3.8) is 0 Å². The average molecular weight is 389 g/mol. The largest absolute Gasteiger partial charge is 0.312 e. The molecule has 0 aliphatic heterocycles. The van der Waals surface area contributed by atoms with Gasteiger partial charge in [-0.3, -0.25) is 4.72 Å². The first-order valence-corrected chi connectivity index (χ1v) is 9.65. The highest BCUT2D eigenvalue weighted by molar-refractivity contribution is 9.10. The first-order chi connectivity index (χ1) is 9.92. The zero-order chi connectivity index (χ0) is 15.5. The molecule has 0 bridgehead atoms. The second-order valence-corrected chi connectivity index (χ2v) is 8.15. The minimum atomic E-state index is -3.55. The molecule has 0 atom stereocenters. The number of halogens is 1. The van der Waals surface area contributed by atoms with Gasteiger partial charge in [-0.1, -0.05) is 13.0 Å². The topological polar surface area (TPSA) is 58.2 Å². The van der Waals surface area contributed by atoms with E-state index in [4.69, 9.17) is 0 Å². The molecule has 2 rings (SSSR count). The number of thiophene rings is 1. The van der Waals surface area contributed by atoms with Gasteiger partial charge in [-0.05, 0) is 53.2 Å². The first-order valence-electron chi connectivity index (χ1n) is 6.49. The predicted octanol–water partition coefficient (Wildman–Crippen LogP) is 3.73. The lowest BCUT2D eigenvalue weighted by molar-refractivity contribution is 0.601. The van der Waals surface area contributed by atoms with Crippen molar-refractivity contribution in [3.05, 3.63) is 44.6 Å². The van der Waals surface area contributed by atoms with Gasteiger partial charge in [0.15, 0.2) is 0 Å². The molecule has 0 spiro atoms. The zero-order valence-corrected chi connectivity index (χ0v) is 15.0. The second-order valence-electron chi connectivity index (χ2n) is 4.62. The summed E-state index contributed by atoms with van der Waals surface area (Å²) in [6.45, 7) is 5.51. The summed E-state index contributed by atoms with van der Waals surface area (Å²) in [5.41, 5.74) is 1.60. The Morgan fingerprint density at radius 3 is 2.71 bits per heavy atom. The summed E-state index contributed by atoms with van der Waals surface area (Å²) < 4.78 is 28.1. The number of aryl methyl sites for hydroxylation is 1. The molecule has 0 aliphatic rings. The van der Waals surface area contributed by atoms with Crippen molar-refractivity contribution < 1.29 is 8.42 Å². The summed E-state index contributed by atoms with van der Waals surface area (Å²) in [6.07, 6.45) is 0. The fourth-order valence-corrected chi connectivity index (χ4v) is 4.80. The zero-order valence-electron chi connectivity index (χ0n) is 11.8. The van der Waals surface area contributed by atoms with Crippen molar-refractivity contribution in [2.45, 2.75) is 25.3 Å². The van der Waals surface area contributed by atoms with Crippen LogP contribution in [0.3, 0.4) is 0 Å². The summed E-state index contributed by atoms with van der Waals surface area (Å²) in [4.78, 5) is 1.30. The Bertz CT molecular complexity index is 726. The summed E-state index contributed by atoms with van der Waals surface area (Å²) in [6, 6.07) is 7.20. The van der Waals surface area contributed by atoms with Crippen LogP contribution in [0, 0.1) is 6.92 Å². The molecular weight excluding hydrogens is 372 g/mol. The molecule has 7 heteroatoms. The summed E-state index contributed by atoms with van der Waals surface area (Å²) >= 11 is 4.82. The number of rotatable bonds is 6. The van der Waals surface area contributed by atoms with E-state index in [0.29, 0.717) is 17.1 Å². The van der Waals surface area contributed by atoms with Crippen LogP contribution in [0.2, 0.25) is 0 Å². The molecule has 0 saturated carbocycles. The maximum Gasteiger partial charge on any atom is 0.262 e. The predicted molar refractivity (Wildman–Crippen MR) is 91.4 cm³/mol. The standard InChI is InChI=1S/C14H17BrN2O2S2/c1-3-16-8-11-7-12(9-20-11)21(18,19)17-14-5-4-10(2)6-13(14)15/h4-7,9,16-17H,3,8H2,1-2H3. The molecule has 0 unspecified atom stereocenters. The highest BCUT2D eigenvalue weighted by Crippen LogP contribution is 2.27. The van der Waals surface area contributed by atoms with Gasteiger partial charge in [-0.15, -0.1) is 11.3 Å². The number of hydrogen-bond acceptors (Lipinski definition) is 4. The van der Waals surface area contributed by atoms with Gasteiger partial charge in [0.25, 0.3) is 10.0 Å². The van der Waals surface area contributed by atoms with Crippen LogP contribution in [0.15, 0.2) is 39.0 Å². The van der Waals surface area contributed by atoms with Gasteiger partial charge in [0, 0.05) is 21.3 Å². The highest BCUT2D eigenvalue weighted by Gasteiger charge is 2.17. The number of benzene rings is 1. The van der Waals surface area contributed by atoms with E-state index in [0.717, 1.165) is 21.5 Å². The monoisotopic (exact) mass is 388 g/mol. The quantitative estimate of drug-likeness (QED) is 0.792. The molecule has 1 heterocycles. The SMILES string of the molecule is CCNCc1cc(S(=O)(=O)Nc2ccc(C)cc2Br)cs1. The van der Waals surface area contributed by atoms with Crippen LogP contribution in [-0.4, -0.2) is 15.0 Å².